The molecule has 1 saturated heterocycles. The zero-order valence-corrected chi connectivity index (χ0v) is 10.5. The number of nitrogens with one attached hydrogen (secondary N) is 1. The first-order valence-corrected chi connectivity index (χ1v) is 5.76. The lowest BCUT2D eigenvalue weighted by Crippen LogP contribution is -2.41. The van der Waals surface area contributed by atoms with Gasteiger partial charge in [0.15, 0.2) is 0 Å². The number of hydrogen-bond donors (Lipinski definition) is 1. The molecule has 1 N–H and O–H groups in total. The van der Waals surface area contributed by atoms with Crippen LogP contribution in [0, 0.1) is 0 Å². The number of rotatable bonds is 2. The van der Waals surface area contributed by atoms with Crippen LogP contribution in [0.3, 0.4) is 0 Å². The predicted octanol–water partition coefficient (Wildman–Crippen LogP) is 3.55. The summed E-state index contributed by atoms with van der Waals surface area (Å²) >= 11 is 0. The maximum atomic E-state index is 3.72. The Morgan fingerprint density at radius 1 is 1.44 bits per heavy atom. The quantitative estimate of drug-likeness (QED) is 0.771. The third-order valence-electron chi connectivity index (χ3n) is 2.29. The Balaban J connectivity index is 0. The van der Waals surface area contributed by atoms with Gasteiger partial charge in [0.25, 0.3) is 0 Å². The minimum Gasteiger partial charge on any atom is -0.372 e. The number of likely N-dealkylation sites (N-methyl/N-ethyl adjacent to an activating group) is 1. The average Bonchev–Trinajstić information content (AvgIpc) is 2.32. The summed E-state index contributed by atoms with van der Waals surface area (Å²) < 4.78 is 0. The molecule has 1 fully saturated rings. The summed E-state index contributed by atoms with van der Waals surface area (Å²) in [5.74, 6) is 0. The SMILES string of the molecule is C.C=C/C=C1/CN(CC)CN/C1=C/C.CC. The zero-order chi connectivity index (χ0) is 11.7. The first kappa shape index (κ1) is 17.4. The normalized spacial score (nSPS) is 20.5. The fourth-order valence-electron chi connectivity index (χ4n) is 1.49. The van der Waals surface area contributed by atoms with E-state index in [-0.39, 0.29) is 7.43 Å². The van der Waals surface area contributed by atoms with Gasteiger partial charge in [-0.2, -0.15) is 0 Å². The molecule has 0 spiro atoms. The van der Waals surface area contributed by atoms with Crippen molar-refractivity contribution in [2.75, 3.05) is 19.8 Å². The Kier molecular flexibility index (Phi) is 11.4. The molecule has 16 heavy (non-hydrogen) atoms. The molecule has 0 aliphatic carbocycles. The Morgan fingerprint density at radius 2 is 2.06 bits per heavy atom. The summed E-state index contributed by atoms with van der Waals surface area (Å²) in [4.78, 5) is 2.35. The molecule has 2 heteroatoms. The van der Waals surface area contributed by atoms with Crippen molar-refractivity contribution in [3.05, 3.63) is 36.1 Å². The molecule has 0 radical (unpaired) electrons. The van der Waals surface area contributed by atoms with Crippen molar-refractivity contribution in [3.8, 4) is 0 Å². The molecule has 0 saturated carbocycles. The second-order valence-electron chi connectivity index (χ2n) is 3.11. The van der Waals surface area contributed by atoms with Gasteiger partial charge < -0.3 is 5.32 Å². The number of hydrogen-bond acceptors (Lipinski definition) is 2. The lowest BCUT2D eigenvalue weighted by Gasteiger charge is -2.30. The van der Waals surface area contributed by atoms with Crippen molar-refractivity contribution in [2.24, 2.45) is 0 Å². The third-order valence-corrected chi connectivity index (χ3v) is 2.29. The fraction of sp³-hybridized carbons (Fsp3) is 0.571. The molecular formula is C14H28N2. The molecule has 0 amide bonds. The largest absolute Gasteiger partial charge is 0.372 e. The van der Waals surface area contributed by atoms with Crippen molar-refractivity contribution >= 4 is 0 Å². The van der Waals surface area contributed by atoms with Gasteiger partial charge in [-0.3, -0.25) is 4.90 Å². The summed E-state index contributed by atoms with van der Waals surface area (Å²) in [5, 5.41) is 3.38. The molecule has 1 heterocycles. The highest BCUT2D eigenvalue weighted by molar-refractivity contribution is 5.34. The topological polar surface area (TPSA) is 15.3 Å². The summed E-state index contributed by atoms with van der Waals surface area (Å²) in [5.41, 5.74) is 2.57. The van der Waals surface area contributed by atoms with E-state index in [1.54, 1.807) is 0 Å². The minimum atomic E-state index is 0. The van der Waals surface area contributed by atoms with Gasteiger partial charge in [-0.1, -0.05) is 53.0 Å². The molecule has 0 unspecified atom stereocenters. The van der Waals surface area contributed by atoms with Gasteiger partial charge in [0.05, 0.1) is 6.67 Å². The minimum absolute atomic E-state index is 0. The van der Waals surface area contributed by atoms with Crippen LogP contribution in [0.25, 0.3) is 0 Å². The monoisotopic (exact) mass is 224 g/mol. The van der Waals surface area contributed by atoms with Crippen LogP contribution in [0.2, 0.25) is 0 Å². The van der Waals surface area contributed by atoms with Crippen LogP contribution in [0.4, 0.5) is 0 Å². The third kappa shape index (κ3) is 5.17. The molecule has 1 aliphatic rings. The van der Waals surface area contributed by atoms with Crippen LogP contribution in [-0.2, 0) is 0 Å². The zero-order valence-electron chi connectivity index (χ0n) is 10.5. The maximum Gasteiger partial charge on any atom is 0.0681 e. The number of allylic oxidation sites excluding steroid dienone is 3. The van der Waals surface area contributed by atoms with Gasteiger partial charge >= 0.3 is 0 Å². The summed E-state index contributed by atoms with van der Waals surface area (Å²) in [6.07, 6.45) is 6.03. The van der Waals surface area contributed by atoms with E-state index in [1.165, 1.54) is 11.3 Å². The van der Waals surface area contributed by atoms with Gasteiger partial charge in [0.1, 0.15) is 0 Å². The van der Waals surface area contributed by atoms with E-state index in [4.69, 9.17) is 0 Å². The van der Waals surface area contributed by atoms with Crippen molar-refractivity contribution in [3.63, 3.8) is 0 Å². The van der Waals surface area contributed by atoms with E-state index >= 15 is 0 Å². The molecule has 2 nitrogen and oxygen atoms in total. The molecule has 0 aromatic rings. The lowest BCUT2D eigenvalue weighted by atomic mass is 10.1. The molecule has 1 aliphatic heterocycles. The van der Waals surface area contributed by atoms with Crippen molar-refractivity contribution in [2.45, 2.75) is 35.1 Å². The highest BCUT2D eigenvalue weighted by Gasteiger charge is 2.14. The molecule has 0 bridgehead atoms. The van der Waals surface area contributed by atoms with Gasteiger partial charge in [-0.25, -0.2) is 0 Å². The van der Waals surface area contributed by atoms with E-state index in [2.05, 4.69) is 42.8 Å². The first-order valence-electron chi connectivity index (χ1n) is 5.76. The molecular weight excluding hydrogens is 196 g/mol. The summed E-state index contributed by atoms with van der Waals surface area (Å²) in [6.45, 7) is 15.0. The van der Waals surface area contributed by atoms with E-state index in [1.807, 2.05) is 19.9 Å². The van der Waals surface area contributed by atoms with Gasteiger partial charge in [0.2, 0.25) is 0 Å². The van der Waals surface area contributed by atoms with E-state index in [0.29, 0.717) is 0 Å². The predicted molar refractivity (Wildman–Crippen MR) is 75.4 cm³/mol. The standard InChI is InChI=1S/C11H18N2.C2H6.CH4/c1-4-7-10-8-13(6-3)9-12-11(10)5-2;1-2;/h4-5,7,12H,1,6,8-9H2,2-3H3;1-2H3;1H4/b10-7-,11-5+;;. The second kappa shape index (κ2) is 10.5. The van der Waals surface area contributed by atoms with Crippen molar-refractivity contribution < 1.29 is 0 Å². The van der Waals surface area contributed by atoms with Crippen LogP contribution < -0.4 is 5.32 Å². The van der Waals surface area contributed by atoms with Crippen LogP contribution in [0.15, 0.2) is 36.1 Å². The lowest BCUT2D eigenvalue weighted by molar-refractivity contribution is 0.279. The molecule has 1 rings (SSSR count). The van der Waals surface area contributed by atoms with Gasteiger partial charge in [-0.05, 0) is 19.0 Å². The summed E-state index contributed by atoms with van der Waals surface area (Å²) in [6, 6.07) is 0. The number of nitrogens with zero attached hydrogens (tertiary/aromatic N) is 1. The molecule has 94 valence electrons. The Bertz CT molecular complexity index is 239. The van der Waals surface area contributed by atoms with E-state index in [9.17, 15) is 0 Å². The fourth-order valence-corrected chi connectivity index (χ4v) is 1.49. The highest BCUT2D eigenvalue weighted by atomic mass is 15.2. The Labute approximate surface area is 102 Å². The Hall–Kier alpha value is -1.02. The first-order chi connectivity index (χ1) is 7.31. The Morgan fingerprint density at radius 3 is 2.50 bits per heavy atom. The van der Waals surface area contributed by atoms with Crippen LogP contribution in [0.5, 0.6) is 0 Å². The average molecular weight is 224 g/mol. The highest BCUT2D eigenvalue weighted by Crippen LogP contribution is 2.13. The molecule has 0 atom stereocenters. The molecule has 0 aromatic heterocycles. The summed E-state index contributed by atoms with van der Waals surface area (Å²) in [7, 11) is 0. The van der Waals surface area contributed by atoms with Crippen molar-refractivity contribution in [1.82, 2.24) is 10.2 Å². The smallest absolute Gasteiger partial charge is 0.0681 e. The van der Waals surface area contributed by atoms with Gasteiger partial charge in [-0.15, -0.1) is 0 Å². The van der Waals surface area contributed by atoms with Gasteiger partial charge in [0, 0.05) is 12.2 Å². The van der Waals surface area contributed by atoms with Crippen LogP contribution in [0.1, 0.15) is 35.1 Å². The molecule has 0 aromatic carbocycles. The van der Waals surface area contributed by atoms with E-state index < -0.39 is 0 Å². The van der Waals surface area contributed by atoms with Crippen LogP contribution in [-0.4, -0.2) is 24.7 Å². The maximum absolute atomic E-state index is 3.72. The van der Waals surface area contributed by atoms with Crippen molar-refractivity contribution in [1.29, 1.82) is 0 Å². The van der Waals surface area contributed by atoms with E-state index in [0.717, 1.165) is 19.8 Å². The van der Waals surface area contributed by atoms with Crippen LogP contribution >= 0.6 is 0 Å². The second-order valence-corrected chi connectivity index (χ2v) is 3.11.